The quantitative estimate of drug-likeness (QED) is 0.135. The zero-order valence-corrected chi connectivity index (χ0v) is 33.9. The standard InChI is InChI=1S/C47H50N4O8/c1-5-30-8-14-36(15-9-30)58-37-16-12-33(13-17-37)43-26-56-41-22-34-21-40(51(25-35(34)23-42(41)59-43)46(53)44-28(3)57-29(4)49-44)45(52)50-39(47(54)55)20-31-6-10-32(11-7-31)38-18-19-48-24-27(38)2/h6-7,10-13,16-19,22-24,30,36,39-40,43H,5,8-9,14-15,20-21,25-26H2,1-4H3,(H,50,52)(H,54,55). The van der Waals surface area contributed by atoms with Crippen LogP contribution in [0.5, 0.6) is 17.2 Å². The van der Waals surface area contributed by atoms with E-state index < -0.39 is 29.9 Å². The van der Waals surface area contributed by atoms with Crippen molar-refractivity contribution in [2.45, 2.75) is 103 Å². The van der Waals surface area contributed by atoms with Crippen LogP contribution >= 0.6 is 0 Å². The number of amides is 2. The second-order valence-corrected chi connectivity index (χ2v) is 16.0. The third-order valence-corrected chi connectivity index (χ3v) is 12.0. The molecule has 3 aromatic carbocycles. The van der Waals surface area contributed by atoms with E-state index in [1.807, 2.05) is 73.7 Å². The van der Waals surface area contributed by atoms with Crippen molar-refractivity contribution in [3.05, 3.63) is 124 Å². The molecule has 8 rings (SSSR count). The van der Waals surface area contributed by atoms with Crippen LogP contribution in [0.1, 0.15) is 95.1 Å². The van der Waals surface area contributed by atoms with Crippen molar-refractivity contribution in [1.82, 2.24) is 20.2 Å². The van der Waals surface area contributed by atoms with Gasteiger partial charge in [-0.3, -0.25) is 14.6 Å². The number of nitrogens with one attached hydrogen (secondary N) is 1. The molecule has 5 aromatic rings. The number of aryl methyl sites for hydroxylation is 3. The molecule has 0 saturated heterocycles. The van der Waals surface area contributed by atoms with Gasteiger partial charge in [0.25, 0.3) is 5.91 Å². The highest BCUT2D eigenvalue weighted by molar-refractivity contribution is 5.98. The van der Waals surface area contributed by atoms with Crippen LogP contribution in [-0.4, -0.2) is 62.6 Å². The summed E-state index contributed by atoms with van der Waals surface area (Å²) >= 11 is 0. The Labute approximate surface area is 343 Å². The third-order valence-electron chi connectivity index (χ3n) is 12.0. The van der Waals surface area contributed by atoms with Gasteiger partial charge >= 0.3 is 5.97 Å². The Hall–Kier alpha value is -6.17. The fourth-order valence-corrected chi connectivity index (χ4v) is 8.56. The summed E-state index contributed by atoms with van der Waals surface area (Å²) in [5.41, 5.74) is 6.40. The Morgan fingerprint density at radius 3 is 2.37 bits per heavy atom. The van der Waals surface area contributed by atoms with Crippen LogP contribution in [0.15, 0.2) is 83.5 Å². The number of carboxylic acid groups (broad SMARTS) is 1. The first kappa shape index (κ1) is 39.6. The molecule has 59 heavy (non-hydrogen) atoms. The number of carbonyl (C=O) groups excluding carboxylic acids is 2. The van der Waals surface area contributed by atoms with E-state index in [2.05, 4.69) is 22.2 Å². The number of carboxylic acids is 1. The lowest BCUT2D eigenvalue weighted by molar-refractivity contribution is -0.142. The molecule has 306 valence electrons. The van der Waals surface area contributed by atoms with Gasteiger partial charge in [-0.2, -0.15) is 0 Å². The Morgan fingerprint density at radius 1 is 0.949 bits per heavy atom. The lowest BCUT2D eigenvalue weighted by atomic mass is 9.86. The number of benzene rings is 3. The molecule has 3 aliphatic rings. The predicted octanol–water partition coefficient (Wildman–Crippen LogP) is 7.90. The van der Waals surface area contributed by atoms with Gasteiger partial charge in [-0.25, -0.2) is 9.78 Å². The predicted molar refractivity (Wildman–Crippen MR) is 219 cm³/mol. The van der Waals surface area contributed by atoms with E-state index in [9.17, 15) is 19.5 Å². The van der Waals surface area contributed by atoms with Gasteiger partial charge in [0.15, 0.2) is 29.2 Å². The van der Waals surface area contributed by atoms with Crippen LogP contribution in [0.4, 0.5) is 0 Å². The minimum Gasteiger partial charge on any atom is -0.490 e. The molecule has 3 atom stereocenters. The SMILES string of the molecule is CCC1CCC(Oc2ccc(C3COc4cc5c(cc4O3)CN(C(=O)c3nc(C)oc3C)C(C(=O)NC(Cc3ccc(-c4ccncc4C)cc3)C(=O)O)C5)cc2)CC1. The van der Waals surface area contributed by atoms with Crippen molar-refractivity contribution < 1.29 is 38.1 Å². The largest absolute Gasteiger partial charge is 0.490 e. The molecule has 3 unspecified atom stereocenters. The summed E-state index contributed by atoms with van der Waals surface area (Å²) in [6, 6.07) is 19.0. The van der Waals surface area contributed by atoms with Crippen molar-refractivity contribution in [3.63, 3.8) is 0 Å². The first-order valence-corrected chi connectivity index (χ1v) is 20.5. The van der Waals surface area contributed by atoms with Crippen molar-refractivity contribution in [1.29, 1.82) is 0 Å². The molecule has 1 saturated carbocycles. The lowest BCUT2D eigenvalue weighted by Crippen LogP contribution is -2.56. The summed E-state index contributed by atoms with van der Waals surface area (Å²) in [6.07, 6.45) is 9.40. The van der Waals surface area contributed by atoms with Gasteiger partial charge in [-0.05, 0) is 115 Å². The molecule has 2 amide bonds. The zero-order valence-electron chi connectivity index (χ0n) is 33.9. The zero-order chi connectivity index (χ0) is 41.2. The molecule has 1 aliphatic carbocycles. The first-order valence-electron chi connectivity index (χ1n) is 20.5. The fraction of sp³-hybridized carbons (Fsp3) is 0.383. The van der Waals surface area contributed by atoms with Crippen molar-refractivity contribution in [3.8, 4) is 28.4 Å². The molecule has 0 bridgehead atoms. The van der Waals surface area contributed by atoms with E-state index in [-0.39, 0.29) is 43.9 Å². The molecule has 12 heteroatoms. The van der Waals surface area contributed by atoms with E-state index >= 15 is 0 Å². The molecule has 2 aromatic heterocycles. The Morgan fingerprint density at radius 2 is 1.69 bits per heavy atom. The number of hydrogen-bond acceptors (Lipinski definition) is 9. The lowest BCUT2D eigenvalue weighted by Gasteiger charge is -2.37. The highest BCUT2D eigenvalue weighted by atomic mass is 16.6. The summed E-state index contributed by atoms with van der Waals surface area (Å²) in [4.78, 5) is 50.9. The van der Waals surface area contributed by atoms with Crippen LogP contribution in [0, 0.1) is 26.7 Å². The van der Waals surface area contributed by atoms with E-state index in [1.165, 1.54) is 24.2 Å². The molecule has 4 heterocycles. The fourth-order valence-electron chi connectivity index (χ4n) is 8.56. The van der Waals surface area contributed by atoms with Gasteiger partial charge in [0.1, 0.15) is 30.2 Å². The van der Waals surface area contributed by atoms with E-state index in [0.29, 0.717) is 23.1 Å². The molecule has 0 spiro atoms. The number of fused-ring (bicyclic) bond motifs is 2. The summed E-state index contributed by atoms with van der Waals surface area (Å²) in [6.45, 7) is 7.89. The van der Waals surface area contributed by atoms with Crippen molar-refractivity contribution in [2.75, 3.05) is 6.61 Å². The number of rotatable bonds is 11. The number of oxazole rings is 1. The van der Waals surface area contributed by atoms with Crippen LogP contribution < -0.4 is 19.5 Å². The molecule has 0 radical (unpaired) electrons. The van der Waals surface area contributed by atoms with Crippen molar-refractivity contribution >= 4 is 17.8 Å². The average molecular weight is 799 g/mol. The number of ether oxygens (including phenoxy) is 3. The minimum absolute atomic E-state index is 0.0467. The smallest absolute Gasteiger partial charge is 0.326 e. The summed E-state index contributed by atoms with van der Waals surface area (Å²) in [5.74, 6) is 1.12. The molecule has 2 aliphatic heterocycles. The maximum atomic E-state index is 14.2. The van der Waals surface area contributed by atoms with Gasteiger partial charge in [0.2, 0.25) is 5.91 Å². The second kappa shape index (κ2) is 17.0. The van der Waals surface area contributed by atoms with Crippen LogP contribution in [-0.2, 0) is 29.0 Å². The number of nitrogens with zero attached hydrogens (tertiary/aromatic N) is 3. The summed E-state index contributed by atoms with van der Waals surface area (Å²) in [5, 5.41) is 13.0. The molecule has 1 fully saturated rings. The minimum atomic E-state index is -1.25. The van der Waals surface area contributed by atoms with Crippen molar-refractivity contribution in [2.24, 2.45) is 5.92 Å². The van der Waals surface area contributed by atoms with Gasteiger partial charge < -0.3 is 34.0 Å². The Kier molecular flexibility index (Phi) is 11.4. The number of pyridine rings is 1. The van der Waals surface area contributed by atoms with Gasteiger partial charge in [-0.1, -0.05) is 49.7 Å². The molecule has 12 nitrogen and oxygen atoms in total. The third kappa shape index (κ3) is 8.67. The molecular formula is C47H50N4O8. The second-order valence-electron chi connectivity index (χ2n) is 16.0. The first-order chi connectivity index (χ1) is 28.5. The maximum absolute atomic E-state index is 14.2. The maximum Gasteiger partial charge on any atom is 0.326 e. The Balaban J connectivity index is 0.991. The normalized spacial score (nSPS) is 20.3. The van der Waals surface area contributed by atoms with Crippen LogP contribution in [0.3, 0.4) is 0 Å². The summed E-state index contributed by atoms with van der Waals surface area (Å²) < 4.78 is 24.7. The van der Waals surface area contributed by atoms with Gasteiger partial charge in [0, 0.05) is 38.7 Å². The van der Waals surface area contributed by atoms with Crippen LogP contribution in [0.25, 0.3) is 11.1 Å². The number of aromatic nitrogens is 2. The monoisotopic (exact) mass is 798 g/mol. The van der Waals surface area contributed by atoms with Crippen LogP contribution in [0.2, 0.25) is 0 Å². The molecule has 2 N–H and O–H groups in total. The topological polar surface area (TPSA) is 153 Å². The summed E-state index contributed by atoms with van der Waals surface area (Å²) in [7, 11) is 0. The van der Waals surface area contributed by atoms with Gasteiger partial charge in [-0.15, -0.1) is 0 Å². The number of aliphatic carboxylic acids is 1. The number of hydrogen-bond donors (Lipinski definition) is 2. The van der Waals surface area contributed by atoms with E-state index in [1.54, 1.807) is 26.2 Å². The average Bonchev–Trinajstić information content (AvgIpc) is 3.59. The molecular weight excluding hydrogens is 749 g/mol. The number of carbonyl (C=O) groups is 3. The highest BCUT2D eigenvalue weighted by Crippen LogP contribution is 2.41. The van der Waals surface area contributed by atoms with E-state index in [4.69, 9.17) is 18.6 Å². The van der Waals surface area contributed by atoms with E-state index in [0.717, 1.165) is 63.5 Å². The highest BCUT2D eigenvalue weighted by Gasteiger charge is 2.39. The van der Waals surface area contributed by atoms with Gasteiger partial charge in [0.05, 0.1) is 6.10 Å². The Bertz CT molecular complexity index is 2330.